The Morgan fingerprint density at radius 3 is 2.70 bits per heavy atom. The number of hydrogen-bond acceptors (Lipinski definition) is 5. The number of nitrogens with two attached hydrogens (primary N) is 2. The minimum atomic E-state index is -2.64. The average molecular weight is 519 g/mol. The topological polar surface area (TPSA) is 111 Å². The second-order valence-corrected chi connectivity index (χ2v) is 10.4. The molecular weight excluding hydrogens is 476 g/mol. The Labute approximate surface area is 218 Å². The fraction of sp³-hybridized carbons (Fsp3) is 0.630. The molecule has 3 aliphatic heterocycles. The lowest BCUT2D eigenvalue weighted by Crippen LogP contribution is -2.59. The van der Waals surface area contributed by atoms with Crippen LogP contribution in [-0.4, -0.2) is 79.6 Å². The summed E-state index contributed by atoms with van der Waals surface area (Å²) in [6.07, 6.45) is 3.61. The molecule has 37 heavy (non-hydrogen) atoms. The first-order valence-corrected chi connectivity index (χ1v) is 13.5. The second kappa shape index (κ2) is 12.3. The highest BCUT2D eigenvalue weighted by Crippen LogP contribution is 2.37. The Balaban J connectivity index is 1.74. The number of aryl methyl sites for hydroxylation is 1. The van der Waals surface area contributed by atoms with Crippen LogP contribution in [0, 0.1) is 5.92 Å². The molecule has 0 spiro atoms. The largest absolute Gasteiger partial charge is 0.394 e. The number of carbonyl (C=O) groups excluding carboxylic acids is 1. The molecule has 3 heterocycles. The van der Waals surface area contributed by atoms with Crippen LogP contribution >= 0.6 is 0 Å². The number of piperidine rings is 2. The predicted octanol–water partition coefficient (Wildman–Crippen LogP) is 1.67. The van der Waals surface area contributed by atoms with E-state index in [1.54, 1.807) is 26.2 Å². The summed E-state index contributed by atoms with van der Waals surface area (Å²) >= 11 is 0. The van der Waals surface area contributed by atoms with E-state index < -0.39 is 6.43 Å². The lowest BCUT2D eigenvalue weighted by Gasteiger charge is -2.40. The van der Waals surface area contributed by atoms with Gasteiger partial charge in [0.1, 0.15) is 5.69 Å². The Kier molecular flexibility index (Phi) is 9.15. The number of benzene rings is 1. The first kappa shape index (κ1) is 27.5. The highest BCUT2D eigenvalue weighted by molar-refractivity contribution is 5.82. The number of halogens is 2. The van der Waals surface area contributed by atoms with Crippen LogP contribution < -0.4 is 27.4 Å². The number of nitrogens with one attached hydrogen (secondary N) is 3. The third kappa shape index (κ3) is 6.13. The number of fused-ring (bicyclic) bond motifs is 1. The van der Waals surface area contributed by atoms with Crippen molar-refractivity contribution in [3.05, 3.63) is 35.0 Å². The van der Waals surface area contributed by atoms with Crippen LogP contribution in [0.15, 0.2) is 18.3 Å². The normalized spacial score (nSPS) is 24.7. The third-order valence-electron chi connectivity index (χ3n) is 8.03. The molecule has 2 unspecified atom stereocenters. The van der Waals surface area contributed by atoms with Crippen molar-refractivity contribution in [1.82, 2.24) is 20.9 Å². The van der Waals surface area contributed by atoms with Crippen LogP contribution in [0.4, 0.5) is 14.5 Å². The van der Waals surface area contributed by atoms with Gasteiger partial charge in [-0.05, 0) is 74.0 Å². The molecule has 0 aliphatic carbocycles. The molecule has 0 aromatic heterocycles. The zero-order chi connectivity index (χ0) is 26.5. The predicted molar refractivity (Wildman–Crippen MR) is 143 cm³/mol. The average Bonchev–Trinajstić information content (AvgIpc) is 2.90. The van der Waals surface area contributed by atoms with E-state index in [1.165, 1.54) is 0 Å². The third-order valence-corrected chi connectivity index (χ3v) is 8.03. The first-order chi connectivity index (χ1) is 17.8. The molecule has 0 radical (unpaired) electrons. The van der Waals surface area contributed by atoms with Gasteiger partial charge in [-0.3, -0.25) is 10.5 Å². The molecule has 3 aliphatic rings. The van der Waals surface area contributed by atoms with Gasteiger partial charge in [0.15, 0.2) is 0 Å². The summed E-state index contributed by atoms with van der Waals surface area (Å²) in [5, 5.41) is 10.2. The molecule has 4 rings (SSSR count). The van der Waals surface area contributed by atoms with E-state index in [0.29, 0.717) is 42.6 Å². The zero-order valence-electron chi connectivity index (χ0n) is 22.0. The summed E-state index contributed by atoms with van der Waals surface area (Å²) in [6, 6.07) is 3.99. The van der Waals surface area contributed by atoms with E-state index in [1.807, 2.05) is 15.5 Å². The highest BCUT2D eigenvalue weighted by Gasteiger charge is 2.39. The summed E-state index contributed by atoms with van der Waals surface area (Å²) in [7, 11) is 1.73. The second-order valence-electron chi connectivity index (χ2n) is 10.4. The molecule has 1 aromatic rings. The number of hydrogen-bond donors (Lipinski definition) is 5. The van der Waals surface area contributed by atoms with Crippen LogP contribution in [0.3, 0.4) is 0 Å². The van der Waals surface area contributed by atoms with E-state index in [2.05, 4.69) is 16.0 Å². The van der Waals surface area contributed by atoms with Gasteiger partial charge >= 0.3 is 0 Å². The Hall–Kier alpha value is -2.56. The number of amides is 1. The van der Waals surface area contributed by atoms with E-state index in [4.69, 9.17) is 11.5 Å². The number of rotatable bonds is 7. The van der Waals surface area contributed by atoms with E-state index in [9.17, 15) is 13.6 Å². The minimum absolute atomic E-state index is 0.0347. The van der Waals surface area contributed by atoms with Crippen molar-refractivity contribution in [2.24, 2.45) is 17.4 Å². The van der Waals surface area contributed by atoms with Gasteiger partial charge in [-0.1, -0.05) is 0 Å². The Morgan fingerprint density at radius 2 is 2.05 bits per heavy atom. The van der Waals surface area contributed by atoms with Crippen LogP contribution in [0.2, 0.25) is 0 Å². The molecule has 10 heteroatoms. The summed E-state index contributed by atoms with van der Waals surface area (Å²) < 4.78 is 30.6. The van der Waals surface area contributed by atoms with Gasteiger partial charge in [-0.2, -0.15) is 0 Å². The maximum atomic E-state index is 14.3. The van der Waals surface area contributed by atoms with Crippen molar-refractivity contribution in [3.8, 4) is 0 Å². The van der Waals surface area contributed by atoms with Gasteiger partial charge in [-0.25, -0.2) is 13.4 Å². The summed E-state index contributed by atoms with van der Waals surface area (Å²) in [6.45, 7) is 5.60. The molecule has 0 saturated carbocycles. The molecule has 2 fully saturated rings. The molecule has 2 saturated heterocycles. The lowest BCUT2D eigenvalue weighted by molar-refractivity contribution is -0.450. The molecule has 0 bridgehead atoms. The first-order valence-electron chi connectivity index (χ1n) is 13.5. The van der Waals surface area contributed by atoms with Crippen LogP contribution in [0.5, 0.6) is 0 Å². The van der Waals surface area contributed by atoms with Crippen molar-refractivity contribution < 1.29 is 18.2 Å². The maximum Gasteiger partial charge on any atom is 0.264 e. The molecular formula is C27H42F2N7O+. The van der Waals surface area contributed by atoms with Crippen molar-refractivity contribution in [2.45, 2.75) is 57.5 Å². The molecule has 8 nitrogen and oxygen atoms in total. The van der Waals surface area contributed by atoms with Gasteiger partial charge in [0.2, 0.25) is 5.91 Å². The van der Waals surface area contributed by atoms with Gasteiger partial charge < -0.3 is 26.6 Å². The smallest absolute Gasteiger partial charge is 0.264 e. The Bertz CT molecular complexity index is 1040. The quantitative estimate of drug-likeness (QED) is 0.277. The summed E-state index contributed by atoms with van der Waals surface area (Å²) in [5.41, 5.74) is 15.6. The standard InChI is InChI=1S/C27H41F2N7O/c1-17(37)35-11-7-24(34-20-5-8-33-9-6-20)23(16-35)27(31)36-10-3-4-18-12-21(19(14-30)15-32-2)22(26(28)29)13-25(18)36/h12-13,15,20,23-24,26,31-34H,3-11,14,16,30H2,1-2H3/p+1/b19-15+. The number of amidine groups is 1. The van der Waals surface area contributed by atoms with E-state index >= 15 is 0 Å². The van der Waals surface area contributed by atoms with Gasteiger partial charge in [0, 0.05) is 57.5 Å². The van der Waals surface area contributed by atoms with Gasteiger partial charge in [0.05, 0.1) is 12.5 Å². The van der Waals surface area contributed by atoms with Gasteiger partial charge in [-0.15, -0.1) is 0 Å². The molecule has 7 N–H and O–H groups in total. The minimum Gasteiger partial charge on any atom is -0.394 e. The summed E-state index contributed by atoms with van der Waals surface area (Å²) in [5.74, 6) is 0.584. The lowest BCUT2D eigenvalue weighted by atomic mass is 9.88. The molecule has 1 amide bonds. The van der Waals surface area contributed by atoms with Crippen LogP contribution in [0.1, 0.15) is 55.7 Å². The number of alkyl halides is 2. The number of carbonyl (C=O) groups is 1. The van der Waals surface area contributed by atoms with E-state index in [-0.39, 0.29) is 30.0 Å². The number of likely N-dealkylation sites (tertiary alicyclic amines) is 1. The SMILES string of the molecule is CN/C=C(\CN)c1cc2c(cc1C(F)F)[N+](=C(N)C1CN(C(C)=O)CCC1NC1CCNCC1)CCC2. The highest BCUT2D eigenvalue weighted by atomic mass is 19.3. The summed E-state index contributed by atoms with van der Waals surface area (Å²) in [4.78, 5) is 14.1. The van der Waals surface area contributed by atoms with Crippen molar-refractivity contribution in [2.75, 3.05) is 46.3 Å². The molecule has 204 valence electrons. The molecule has 1 aromatic carbocycles. The van der Waals surface area contributed by atoms with Crippen LogP contribution in [-0.2, 0) is 11.2 Å². The van der Waals surface area contributed by atoms with Crippen molar-refractivity contribution >= 4 is 23.0 Å². The monoisotopic (exact) mass is 518 g/mol. The zero-order valence-corrected chi connectivity index (χ0v) is 22.0. The Morgan fingerprint density at radius 1 is 1.30 bits per heavy atom. The fourth-order valence-corrected chi connectivity index (χ4v) is 6.03. The van der Waals surface area contributed by atoms with Crippen LogP contribution in [0.25, 0.3) is 5.57 Å². The van der Waals surface area contributed by atoms with Gasteiger partial charge in [0.25, 0.3) is 12.3 Å². The van der Waals surface area contributed by atoms with Crippen molar-refractivity contribution in [3.63, 3.8) is 0 Å². The number of nitrogens with zero attached hydrogens (tertiary/aromatic N) is 2. The van der Waals surface area contributed by atoms with Crippen molar-refractivity contribution in [1.29, 1.82) is 0 Å². The molecule has 2 atom stereocenters. The maximum absolute atomic E-state index is 14.3. The van der Waals surface area contributed by atoms with E-state index in [0.717, 1.165) is 56.4 Å². The fourth-order valence-electron chi connectivity index (χ4n) is 6.03.